The molecule has 0 unspecified atom stereocenters. The summed E-state index contributed by atoms with van der Waals surface area (Å²) in [5, 5.41) is 0. The van der Waals surface area contributed by atoms with Crippen LogP contribution in [0, 0.1) is 0 Å². The van der Waals surface area contributed by atoms with Crippen LogP contribution in [0.4, 0.5) is 0 Å². The van der Waals surface area contributed by atoms with Gasteiger partial charge in [-0.15, -0.1) is 0 Å². The van der Waals surface area contributed by atoms with Crippen molar-refractivity contribution in [2.75, 3.05) is 0 Å². The minimum Gasteiger partial charge on any atom is -0.400 e. The van der Waals surface area contributed by atoms with Crippen molar-refractivity contribution >= 4 is 7.12 Å². The van der Waals surface area contributed by atoms with Gasteiger partial charge in [0, 0.05) is 0 Å². The minimum atomic E-state index is -0.242. The summed E-state index contributed by atoms with van der Waals surface area (Å²) in [6, 6.07) is 0. The third kappa shape index (κ3) is 2.72. The first-order valence-electron chi connectivity index (χ1n) is 7.05. The summed E-state index contributed by atoms with van der Waals surface area (Å²) in [6.07, 6.45) is 9.63. The lowest BCUT2D eigenvalue weighted by Crippen LogP contribution is -2.41. The summed E-state index contributed by atoms with van der Waals surface area (Å²) in [4.78, 5) is 0. The smallest absolute Gasteiger partial charge is 0.400 e. The third-order valence-corrected chi connectivity index (χ3v) is 4.36. The Morgan fingerprint density at radius 3 is 2.28 bits per heavy atom. The molecule has 1 fully saturated rings. The van der Waals surface area contributed by atoms with Crippen LogP contribution in [0.1, 0.15) is 60.3 Å². The van der Waals surface area contributed by atoms with Gasteiger partial charge in [0.15, 0.2) is 0 Å². The number of allylic oxidation sites excluding steroid dienone is 4. The molecular weight excluding hydrogens is 223 g/mol. The Hall–Kier alpha value is -0.535. The fraction of sp³-hybridized carbons (Fsp3) is 0.733. The van der Waals surface area contributed by atoms with E-state index >= 15 is 0 Å². The molecule has 2 nitrogen and oxygen atoms in total. The third-order valence-electron chi connectivity index (χ3n) is 4.36. The van der Waals surface area contributed by atoms with E-state index in [0.717, 1.165) is 0 Å². The van der Waals surface area contributed by atoms with Gasteiger partial charge in [0.2, 0.25) is 0 Å². The normalized spacial score (nSPS) is 27.3. The Labute approximate surface area is 112 Å². The molecule has 0 aromatic carbocycles. The van der Waals surface area contributed by atoms with Gasteiger partial charge >= 0.3 is 7.12 Å². The molecule has 1 aliphatic heterocycles. The molecule has 3 heteroatoms. The number of hydrogen-bond donors (Lipinski definition) is 0. The Morgan fingerprint density at radius 2 is 1.78 bits per heavy atom. The van der Waals surface area contributed by atoms with Crippen molar-refractivity contribution in [3.8, 4) is 0 Å². The SMILES string of the molecule is C/C(=C\C1=CCCCC1)B1OC(C)(C)C(C)(C)O1. The van der Waals surface area contributed by atoms with Crippen molar-refractivity contribution in [1.29, 1.82) is 0 Å². The predicted molar refractivity (Wildman–Crippen MR) is 76.4 cm³/mol. The van der Waals surface area contributed by atoms with Crippen LogP contribution < -0.4 is 0 Å². The van der Waals surface area contributed by atoms with E-state index in [9.17, 15) is 0 Å². The van der Waals surface area contributed by atoms with Gasteiger partial charge in [-0.05, 0) is 65.8 Å². The highest BCUT2D eigenvalue weighted by molar-refractivity contribution is 6.54. The van der Waals surface area contributed by atoms with Gasteiger partial charge in [0.05, 0.1) is 11.2 Å². The van der Waals surface area contributed by atoms with E-state index in [1.54, 1.807) is 0 Å². The largest absolute Gasteiger partial charge is 0.490 e. The molecule has 0 aromatic rings. The summed E-state index contributed by atoms with van der Waals surface area (Å²) in [5.41, 5.74) is 2.14. The van der Waals surface area contributed by atoms with Crippen LogP contribution in [-0.4, -0.2) is 18.3 Å². The summed E-state index contributed by atoms with van der Waals surface area (Å²) < 4.78 is 12.1. The zero-order valence-corrected chi connectivity index (χ0v) is 12.4. The van der Waals surface area contributed by atoms with Crippen molar-refractivity contribution in [3.63, 3.8) is 0 Å². The molecule has 0 saturated carbocycles. The predicted octanol–water partition coefficient (Wildman–Crippen LogP) is 4.06. The highest BCUT2D eigenvalue weighted by atomic mass is 16.7. The average Bonchev–Trinajstić information content (AvgIpc) is 2.50. The zero-order chi connectivity index (χ0) is 13.4. The van der Waals surface area contributed by atoms with Gasteiger partial charge in [-0.1, -0.05) is 17.7 Å². The Balaban J connectivity index is 2.09. The van der Waals surface area contributed by atoms with E-state index < -0.39 is 0 Å². The molecule has 0 radical (unpaired) electrons. The minimum absolute atomic E-state index is 0.196. The molecule has 0 aromatic heterocycles. The van der Waals surface area contributed by atoms with E-state index in [0.29, 0.717) is 0 Å². The van der Waals surface area contributed by atoms with Gasteiger partial charge in [-0.3, -0.25) is 0 Å². The van der Waals surface area contributed by atoms with Gasteiger partial charge in [0.25, 0.3) is 0 Å². The van der Waals surface area contributed by atoms with Gasteiger partial charge in [-0.2, -0.15) is 0 Å². The van der Waals surface area contributed by atoms with E-state index in [4.69, 9.17) is 9.31 Å². The second kappa shape index (κ2) is 4.86. The monoisotopic (exact) mass is 248 g/mol. The first-order valence-corrected chi connectivity index (χ1v) is 7.05. The molecular formula is C15H25BO2. The highest BCUT2D eigenvalue weighted by Crippen LogP contribution is 2.38. The molecule has 0 N–H and O–H groups in total. The molecule has 1 saturated heterocycles. The number of rotatable bonds is 2. The van der Waals surface area contributed by atoms with Crippen molar-refractivity contribution in [1.82, 2.24) is 0 Å². The Kier molecular flexibility index (Phi) is 3.75. The first-order chi connectivity index (χ1) is 8.32. The van der Waals surface area contributed by atoms with Crippen molar-refractivity contribution < 1.29 is 9.31 Å². The standard InChI is InChI=1S/C15H25BO2/c1-12(11-13-9-7-6-8-10-13)16-17-14(2,3)15(4,5)18-16/h9,11H,6-8,10H2,1-5H3/b12-11+. The van der Waals surface area contributed by atoms with E-state index in [2.05, 4.69) is 46.8 Å². The van der Waals surface area contributed by atoms with Gasteiger partial charge in [0.1, 0.15) is 0 Å². The summed E-state index contributed by atoms with van der Waals surface area (Å²) in [5.74, 6) is 0. The molecule has 0 spiro atoms. The van der Waals surface area contributed by atoms with Crippen molar-refractivity contribution in [3.05, 3.63) is 23.2 Å². The molecule has 0 amide bonds. The van der Waals surface area contributed by atoms with Crippen LogP contribution in [0.25, 0.3) is 0 Å². The molecule has 0 atom stereocenters. The zero-order valence-electron chi connectivity index (χ0n) is 12.4. The van der Waals surface area contributed by atoms with Crippen molar-refractivity contribution in [2.45, 2.75) is 71.5 Å². The Bertz CT molecular complexity index is 364. The maximum absolute atomic E-state index is 6.05. The topological polar surface area (TPSA) is 18.5 Å². The summed E-state index contributed by atoms with van der Waals surface area (Å²) in [6.45, 7) is 10.5. The maximum Gasteiger partial charge on any atom is 0.490 e. The highest BCUT2D eigenvalue weighted by Gasteiger charge is 2.51. The van der Waals surface area contributed by atoms with Gasteiger partial charge in [-0.25, -0.2) is 0 Å². The lowest BCUT2D eigenvalue weighted by molar-refractivity contribution is 0.00578. The summed E-state index contributed by atoms with van der Waals surface area (Å²) >= 11 is 0. The van der Waals surface area contributed by atoms with Crippen molar-refractivity contribution in [2.24, 2.45) is 0 Å². The lowest BCUT2D eigenvalue weighted by atomic mass is 9.77. The lowest BCUT2D eigenvalue weighted by Gasteiger charge is -2.32. The van der Waals surface area contributed by atoms with E-state index in [-0.39, 0.29) is 18.3 Å². The Morgan fingerprint density at radius 1 is 1.17 bits per heavy atom. The fourth-order valence-electron chi connectivity index (χ4n) is 2.38. The van der Waals surface area contributed by atoms with Crippen LogP contribution in [0.5, 0.6) is 0 Å². The second-order valence-electron chi connectivity index (χ2n) is 6.50. The van der Waals surface area contributed by atoms with Gasteiger partial charge < -0.3 is 9.31 Å². The maximum atomic E-state index is 6.05. The molecule has 1 aliphatic carbocycles. The molecule has 2 aliphatic rings. The quantitative estimate of drug-likeness (QED) is 0.686. The summed E-state index contributed by atoms with van der Waals surface area (Å²) in [7, 11) is -0.196. The van der Waals surface area contributed by atoms with E-state index in [1.165, 1.54) is 36.7 Å². The van der Waals surface area contributed by atoms with E-state index in [1.807, 2.05) is 0 Å². The van der Waals surface area contributed by atoms with Crippen LogP contribution in [0.2, 0.25) is 0 Å². The van der Waals surface area contributed by atoms with Crippen LogP contribution in [0.3, 0.4) is 0 Å². The second-order valence-corrected chi connectivity index (χ2v) is 6.50. The van der Waals surface area contributed by atoms with Crippen LogP contribution in [0.15, 0.2) is 23.2 Å². The fourth-order valence-corrected chi connectivity index (χ4v) is 2.38. The molecule has 1 heterocycles. The first kappa shape index (κ1) is 13.9. The molecule has 100 valence electrons. The molecule has 0 bridgehead atoms. The molecule has 2 rings (SSSR count). The van der Waals surface area contributed by atoms with Crippen LogP contribution >= 0.6 is 0 Å². The average molecular weight is 248 g/mol. The van der Waals surface area contributed by atoms with Crippen LogP contribution in [-0.2, 0) is 9.31 Å². The number of hydrogen-bond acceptors (Lipinski definition) is 2. The molecule has 18 heavy (non-hydrogen) atoms.